The summed E-state index contributed by atoms with van der Waals surface area (Å²) in [6.07, 6.45) is 1.48. The Morgan fingerprint density at radius 1 is 1.08 bits per heavy atom. The van der Waals surface area contributed by atoms with Crippen molar-refractivity contribution >= 4 is 34.3 Å². The minimum absolute atomic E-state index is 0.120. The molecule has 1 aliphatic heterocycles. The second kappa shape index (κ2) is 5.87. The fraction of sp³-hybridized carbons (Fsp3) is 0.0500. The number of hydrogen-bond acceptors (Lipinski definition) is 4. The first-order chi connectivity index (χ1) is 12.1. The summed E-state index contributed by atoms with van der Waals surface area (Å²) < 4.78 is 0. The van der Waals surface area contributed by atoms with Crippen LogP contribution in [0.1, 0.15) is 16.7 Å². The van der Waals surface area contributed by atoms with Crippen molar-refractivity contribution in [1.29, 1.82) is 0 Å². The molecule has 0 radical (unpaired) electrons. The predicted octanol–water partition coefficient (Wildman–Crippen LogP) is 3.63. The first-order valence-electron chi connectivity index (χ1n) is 7.87. The van der Waals surface area contributed by atoms with Crippen LogP contribution in [0.15, 0.2) is 64.8 Å². The number of nitrogens with zero attached hydrogens (tertiary/aromatic N) is 2. The van der Waals surface area contributed by atoms with E-state index in [0.29, 0.717) is 5.56 Å². The monoisotopic (exact) mass is 329 g/mol. The summed E-state index contributed by atoms with van der Waals surface area (Å²) in [5.74, 6) is -0.158. The van der Waals surface area contributed by atoms with Gasteiger partial charge in [-0.25, -0.2) is 0 Å². The van der Waals surface area contributed by atoms with Crippen molar-refractivity contribution in [3.05, 3.63) is 71.3 Å². The number of benzene rings is 3. The van der Waals surface area contributed by atoms with E-state index in [1.807, 2.05) is 55.5 Å². The molecule has 5 nitrogen and oxygen atoms in total. The zero-order valence-electron chi connectivity index (χ0n) is 13.5. The van der Waals surface area contributed by atoms with Gasteiger partial charge < -0.3 is 10.4 Å². The normalized spacial score (nSPS) is 15.1. The summed E-state index contributed by atoms with van der Waals surface area (Å²) in [4.78, 5) is 12.1. The fourth-order valence-corrected chi connectivity index (χ4v) is 2.93. The van der Waals surface area contributed by atoms with Gasteiger partial charge in [0.2, 0.25) is 0 Å². The van der Waals surface area contributed by atoms with Crippen LogP contribution in [0.5, 0.6) is 5.75 Å². The second-order valence-corrected chi connectivity index (χ2v) is 5.92. The van der Waals surface area contributed by atoms with Gasteiger partial charge >= 0.3 is 0 Å². The molecule has 0 unspecified atom stereocenters. The largest absolute Gasteiger partial charge is 0.507 e. The van der Waals surface area contributed by atoms with E-state index in [4.69, 9.17) is 0 Å². The highest BCUT2D eigenvalue weighted by molar-refractivity contribution is 6.53. The number of anilines is 1. The zero-order chi connectivity index (χ0) is 17.4. The first kappa shape index (κ1) is 15.1. The summed E-state index contributed by atoms with van der Waals surface area (Å²) >= 11 is 0. The molecule has 0 aliphatic carbocycles. The topological polar surface area (TPSA) is 74.0 Å². The maximum absolute atomic E-state index is 12.1. The van der Waals surface area contributed by atoms with Crippen LogP contribution in [0.4, 0.5) is 5.69 Å². The van der Waals surface area contributed by atoms with Gasteiger partial charge in [-0.3, -0.25) is 4.79 Å². The van der Waals surface area contributed by atoms with Gasteiger partial charge in [0.05, 0.1) is 11.9 Å². The number of phenols is 1. The number of fused-ring (bicyclic) bond motifs is 2. The molecule has 2 N–H and O–H groups in total. The average Bonchev–Trinajstić information content (AvgIpc) is 2.92. The molecule has 4 rings (SSSR count). The number of amides is 1. The van der Waals surface area contributed by atoms with Gasteiger partial charge in [-0.05, 0) is 35.9 Å². The molecule has 3 aromatic rings. The van der Waals surface area contributed by atoms with Crippen LogP contribution in [-0.2, 0) is 4.79 Å². The highest BCUT2D eigenvalue weighted by Crippen LogP contribution is 2.26. The third kappa shape index (κ3) is 2.65. The Bertz CT molecular complexity index is 1070. The lowest BCUT2D eigenvalue weighted by Gasteiger charge is -2.03. The number of hydrogen-bond donors (Lipinski definition) is 2. The van der Waals surface area contributed by atoms with Crippen molar-refractivity contribution in [3.8, 4) is 5.75 Å². The SMILES string of the molecule is Cc1ccc2c(c1)C(=NN=Cc1c(O)ccc3ccccc13)C(=O)N2. The van der Waals surface area contributed by atoms with Gasteiger partial charge in [0.15, 0.2) is 5.71 Å². The Morgan fingerprint density at radius 3 is 2.80 bits per heavy atom. The molecule has 0 spiro atoms. The van der Waals surface area contributed by atoms with E-state index in [1.54, 1.807) is 6.07 Å². The van der Waals surface area contributed by atoms with Crippen LogP contribution in [0.25, 0.3) is 10.8 Å². The molecule has 25 heavy (non-hydrogen) atoms. The number of nitrogens with one attached hydrogen (secondary N) is 1. The summed E-state index contributed by atoms with van der Waals surface area (Å²) in [5, 5.41) is 22.9. The molecule has 0 saturated carbocycles. The molecule has 5 heteroatoms. The molecule has 0 atom stereocenters. The Hall–Kier alpha value is -3.47. The first-order valence-corrected chi connectivity index (χ1v) is 7.87. The lowest BCUT2D eigenvalue weighted by atomic mass is 10.0. The molecule has 1 heterocycles. The van der Waals surface area contributed by atoms with E-state index in [0.717, 1.165) is 27.6 Å². The molecule has 0 bridgehead atoms. The summed E-state index contributed by atoms with van der Waals surface area (Å²) in [6.45, 7) is 1.96. The van der Waals surface area contributed by atoms with E-state index in [2.05, 4.69) is 15.5 Å². The standard InChI is InChI=1S/C20H15N3O2/c1-12-6-8-17-15(10-12)19(20(25)22-17)23-21-11-16-14-5-3-2-4-13(14)7-9-18(16)24/h2-11,24H,1H3,(H,22,23,25). The maximum Gasteiger partial charge on any atom is 0.276 e. The Balaban J connectivity index is 1.75. The van der Waals surface area contributed by atoms with Crippen molar-refractivity contribution in [3.63, 3.8) is 0 Å². The number of carbonyl (C=O) groups excluding carboxylic acids is 1. The molecule has 1 aliphatic rings. The van der Waals surface area contributed by atoms with Crippen LogP contribution in [0, 0.1) is 6.92 Å². The number of carbonyl (C=O) groups is 1. The van der Waals surface area contributed by atoms with E-state index in [-0.39, 0.29) is 17.4 Å². The van der Waals surface area contributed by atoms with Crippen molar-refractivity contribution < 1.29 is 9.90 Å². The molecule has 122 valence electrons. The van der Waals surface area contributed by atoms with E-state index in [1.165, 1.54) is 6.21 Å². The number of phenolic OH excluding ortho intramolecular Hbond substituents is 1. The van der Waals surface area contributed by atoms with Crippen LogP contribution < -0.4 is 5.32 Å². The fourth-order valence-electron chi connectivity index (χ4n) is 2.93. The van der Waals surface area contributed by atoms with Gasteiger partial charge in [-0.2, -0.15) is 5.10 Å². The molecule has 0 saturated heterocycles. The quantitative estimate of drug-likeness (QED) is 0.556. The van der Waals surface area contributed by atoms with Gasteiger partial charge in [-0.15, -0.1) is 5.10 Å². The molecule has 3 aromatic carbocycles. The van der Waals surface area contributed by atoms with Crippen LogP contribution in [0.2, 0.25) is 0 Å². The van der Waals surface area contributed by atoms with Crippen molar-refractivity contribution in [2.45, 2.75) is 6.92 Å². The molecule has 0 aromatic heterocycles. The predicted molar refractivity (Wildman–Crippen MR) is 99.6 cm³/mol. The third-order valence-corrected chi connectivity index (χ3v) is 4.19. The van der Waals surface area contributed by atoms with Gasteiger partial charge in [0.1, 0.15) is 5.75 Å². The molecule has 0 fully saturated rings. The minimum atomic E-state index is -0.278. The Labute approximate surface area is 144 Å². The maximum atomic E-state index is 12.1. The van der Waals surface area contributed by atoms with E-state index in [9.17, 15) is 9.90 Å². The third-order valence-electron chi connectivity index (χ3n) is 4.19. The number of aryl methyl sites for hydroxylation is 1. The van der Waals surface area contributed by atoms with E-state index < -0.39 is 0 Å². The Morgan fingerprint density at radius 2 is 1.92 bits per heavy atom. The van der Waals surface area contributed by atoms with Crippen LogP contribution in [0.3, 0.4) is 0 Å². The van der Waals surface area contributed by atoms with Crippen LogP contribution >= 0.6 is 0 Å². The summed E-state index contributed by atoms with van der Waals surface area (Å²) in [7, 11) is 0. The Kier molecular flexibility index (Phi) is 3.54. The average molecular weight is 329 g/mol. The van der Waals surface area contributed by atoms with Crippen LogP contribution in [-0.4, -0.2) is 22.9 Å². The lowest BCUT2D eigenvalue weighted by Crippen LogP contribution is -2.13. The van der Waals surface area contributed by atoms with Crippen molar-refractivity contribution in [1.82, 2.24) is 0 Å². The lowest BCUT2D eigenvalue weighted by molar-refractivity contribution is -0.110. The highest BCUT2D eigenvalue weighted by atomic mass is 16.3. The zero-order valence-corrected chi connectivity index (χ0v) is 13.5. The smallest absolute Gasteiger partial charge is 0.276 e. The van der Waals surface area contributed by atoms with Gasteiger partial charge in [0.25, 0.3) is 5.91 Å². The van der Waals surface area contributed by atoms with E-state index >= 15 is 0 Å². The number of aromatic hydroxyl groups is 1. The van der Waals surface area contributed by atoms with Gasteiger partial charge in [0, 0.05) is 11.1 Å². The summed E-state index contributed by atoms with van der Waals surface area (Å²) in [6, 6.07) is 16.8. The minimum Gasteiger partial charge on any atom is -0.507 e. The second-order valence-electron chi connectivity index (χ2n) is 5.92. The summed E-state index contributed by atoms with van der Waals surface area (Å²) in [5.41, 5.74) is 3.36. The van der Waals surface area contributed by atoms with Crippen molar-refractivity contribution in [2.24, 2.45) is 10.2 Å². The van der Waals surface area contributed by atoms with Crippen molar-refractivity contribution in [2.75, 3.05) is 5.32 Å². The number of rotatable bonds is 2. The molecular formula is C20H15N3O2. The molecule has 1 amide bonds. The molecular weight excluding hydrogens is 314 g/mol. The van der Waals surface area contributed by atoms with Gasteiger partial charge in [-0.1, -0.05) is 42.0 Å². The highest BCUT2D eigenvalue weighted by Gasteiger charge is 2.25.